The van der Waals surface area contributed by atoms with E-state index in [4.69, 9.17) is 5.73 Å². The third-order valence-corrected chi connectivity index (χ3v) is 4.77. The zero-order valence-electron chi connectivity index (χ0n) is 11.1. The summed E-state index contributed by atoms with van der Waals surface area (Å²) in [7, 11) is 0. The van der Waals surface area contributed by atoms with Gasteiger partial charge in [0.15, 0.2) is 0 Å². The quantitative estimate of drug-likeness (QED) is 0.894. The maximum Gasteiger partial charge on any atom is 0.150 e. The summed E-state index contributed by atoms with van der Waals surface area (Å²) in [6.45, 7) is 0. The SMILES string of the molecule is NC(c1nncn1C1CCCC1)C1CCCCC1. The lowest BCUT2D eigenvalue weighted by atomic mass is 9.84. The average Bonchev–Trinajstić information content (AvgIpc) is 3.09. The molecule has 2 N–H and O–H groups in total. The van der Waals surface area contributed by atoms with Gasteiger partial charge >= 0.3 is 0 Å². The highest BCUT2D eigenvalue weighted by molar-refractivity contribution is 5.00. The molecule has 0 radical (unpaired) electrons. The molecule has 18 heavy (non-hydrogen) atoms. The normalized spacial score (nSPS) is 24.5. The third-order valence-electron chi connectivity index (χ3n) is 4.77. The fourth-order valence-corrected chi connectivity index (χ4v) is 3.66. The standard InChI is InChI=1S/C14H24N4/c15-13(11-6-2-1-3-7-11)14-17-16-10-18(14)12-8-4-5-9-12/h10-13H,1-9,15H2. The van der Waals surface area contributed by atoms with Crippen LogP contribution >= 0.6 is 0 Å². The van der Waals surface area contributed by atoms with E-state index in [1.165, 1.54) is 57.8 Å². The summed E-state index contributed by atoms with van der Waals surface area (Å²) >= 11 is 0. The lowest BCUT2D eigenvalue weighted by molar-refractivity contribution is 0.291. The van der Waals surface area contributed by atoms with Gasteiger partial charge in [-0.1, -0.05) is 32.1 Å². The second kappa shape index (κ2) is 5.39. The molecule has 0 aromatic carbocycles. The van der Waals surface area contributed by atoms with Crippen LogP contribution in [-0.2, 0) is 0 Å². The Morgan fingerprint density at radius 3 is 2.44 bits per heavy atom. The first-order valence-corrected chi connectivity index (χ1v) is 7.51. The molecule has 1 aromatic heterocycles. The minimum Gasteiger partial charge on any atom is -0.321 e. The van der Waals surface area contributed by atoms with Crippen molar-refractivity contribution in [1.82, 2.24) is 14.8 Å². The van der Waals surface area contributed by atoms with E-state index in [1.807, 2.05) is 6.33 Å². The van der Waals surface area contributed by atoms with Gasteiger partial charge in [-0.25, -0.2) is 0 Å². The van der Waals surface area contributed by atoms with Crippen molar-refractivity contribution in [3.63, 3.8) is 0 Å². The van der Waals surface area contributed by atoms with Gasteiger partial charge in [-0.05, 0) is 31.6 Å². The molecule has 100 valence electrons. The molecule has 3 rings (SSSR count). The van der Waals surface area contributed by atoms with E-state index in [-0.39, 0.29) is 6.04 Å². The number of nitrogens with zero attached hydrogens (tertiary/aromatic N) is 3. The molecule has 2 aliphatic rings. The van der Waals surface area contributed by atoms with Crippen LogP contribution < -0.4 is 5.73 Å². The van der Waals surface area contributed by atoms with Crippen molar-refractivity contribution in [2.75, 3.05) is 0 Å². The molecule has 0 saturated heterocycles. The first kappa shape index (κ1) is 12.2. The van der Waals surface area contributed by atoms with Gasteiger partial charge in [-0.15, -0.1) is 10.2 Å². The van der Waals surface area contributed by atoms with E-state index in [0.29, 0.717) is 12.0 Å². The molecule has 0 amide bonds. The van der Waals surface area contributed by atoms with Crippen molar-refractivity contribution in [2.24, 2.45) is 11.7 Å². The van der Waals surface area contributed by atoms with Crippen LogP contribution in [0.25, 0.3) is 0 Å². The Morgan fingerprint density at radius 1 is 1.06 bits per heavy atom. The number of hydrogen-bond acceptors (Lipinski definition) is 3. The van der Waals surface area contributed by atoms with Crippen LogP contribution in [0.4, 0.5) is 0 Å². The molecule has 0 aliphatic heterocycles. The molecule has 2 aliphatic carbocycles. The number of nitrogens with two attached hydrogens (primary N) is 1. The minimum absolute atomic E-state index is 0.0911. The van der Waals surface area contributed by atoms with Gasteiger partial charge in [0, 0.05) is 6.04 Å². The zero-order valence-corrected chi connectivity index (χ0v) is 11.1. The van der Waals surface area contributed by atoms with E-state index in [0.717, 1.165) is 5.82 Å². The maximum atomic E-state index is 6.46. The van der Waals surface area contributed by atoms with Crippen LogP contribution in [0.1, 0.15) is 75.7 Å². The van der Waals surface area contributed by atoms with Gasteiger partial charge < -0.3 is 10.3 Å². The van der Waals surface area contributed by atoms with Crippen molar-refractivity contribution in [3.05, 3.63) is 12.2 Å². The molecule has 1 unspecified atom stereocenters. The Hall–Kier alpha value is -0.900. The highest BCUT2D eigenvalue weighted by atomic mass is 15.3. The third kappa shape index (κ3) is 2.30. The minimum atomic E-state index is 0.0911. The van der Waals surface area contributed by atoms with Crippen LogP contribution in [-0.4, -0.2) is 14.8 Å². The predicted molar refractivity (Wildman–Crippen MR) is 71.0 cm³/mol. The average molecular weight is 248 g/mol. The van der Waals surface area contributed by atoms with Crippen LogP contribution in [0, 0.1) is 5.92 Å². The lowest BCUT2D eigenvalue weighted by Gasteiger charge is -2.28. The monoisotopic (exact) mass is 248 g/mol. The molecule has 4 nitrogen and oxygen atoms in total. The smallest absolute Gasteiger partial charge is 0.150 e. The van der Waals surface area contributed by atoms with Gasteiger partial charge in [0.05, 0.1) is 6.04 Å². The molecule has 1 atom stereocenters. The zero-order chi connectivity index (χ0) is 12.4. The molecular weight excluding hydrogens is 224 g/mol. The largest absolute Gasteiger partial charge is 0.321 e. The second-order valence-corrected chi connectivity index (χ2v) is 5.96. The summed E-state index contributed by atoms with van der Waals surface area (Å²) in [5, 5.41) is 8.44. The van der Waals surface area contributed by atoms with Crippen molar-refractivity contribution >= 4 is 0 Å². The number of hydrogen-bond donors (Lipinski definition) is 1. The molecule has 2 fully saturated rings. The van der Waals surface area contributed by atoms with Crippen molar-refractivity contribution in [3.8, 4) is 0 Å². The summed E-state index contributed by atoms with van der Waals surface area (Å²) in [6.07, 6.45) is 13.7. The Kier molecular flexibility index (Phi) is 3.64. The molecule has 0 spiro atoms. The summed E-state index contributed by atoms with van der Waals surface area (Å²) in [6, 6.07) is 0.693. The summed E-state index contributed by atoms with van der Waals surface area (Å²) in [5.41, 5.74) is 6.46. The second-order valence-electron chi connectivity index (χ2n) is 5.96. The molecule has 0 bridgehead atoms. The summed E-state index contributed by atoms with van der Waals surface area (Å²) in [5.74, 6) is 1.65. The molecule has 2 saturated carbocycles. The van der Waals surface area contributed by atoms with E-state index >= 15 is 0 Å². The fourth-order valence-electron chi connectivity index (χ4n) is 3.66. The van der Waals surface area contributed by atoms with E-state index in [1.54, 1.807) is 0 Å². The van der Waals surface area contributed by atoms with Crippen molar-refractivity contribution < 1.29 is 0 Å². The van der Waals surface area contributed by atoms with Crippen molar-refractivity contribution in [2.45, 2.75) is 69.9 Å². The van der Waals surface area contributed by atoms with Gasteiger partial charge in [0.2, 0.25) is 0 Å². The Labute approximate surface area is 109 Å². The van der Waals surface area contributed by atoms with E-state index in [9.17, 15) is 0 Å². The Bertz CT molecular complexity index is 375. The highest BCUT2D eigenvalue weighted by Crippen LogP contribution is 2.35. The number of aromatic nitrogens is 3. The molecule has 4 heteroatoms. The summed E-state index contributed by atoms with van der Waals surface area (Å²) in [4.78, 5) is 0. The van der Waals surface area contributed by atoms with E-state index in [2.05, 4.69) is 14.8 Å². The predicted octanol–water partition coefficient (Wildman–Crippen LogP) is 2.97. The van der Waals surface area contributed by atoms with Gasteiger partial charge in [0.1, 0.15) is 12.2 Å². The topological polar surface area (TPSA) is 56.7 Å². The fraction of sp³-hybridized carbons (Fsp3) is 0.857. The molecule has 1 aromatic rings. The van der Waals surface area contributed by atoms with Gasteiger partial charge in [-0.3, -0.25) is 0 Å². The van der Waals surface area contributed by atoms with Crippen LogP contribution in [0.2, 0.25) is 0 Å². The molecular formula is C14H24N4. The number of rotatable bonds is 3. The Balaban J connectivity index is 1.76. The van der Waals surface area contributed by atoms with E-state index < -0.39 is 0 Å². The first-order chi connectivity index (χ1) is 8.86. The lowest BCUT2D eigenvalue weighted by Crippen LogP contribution is -2.27. The van der Waals surface area contributed by atoms with Gasteiger partial charge in [0.25, 0.3) is 0 Å². The van der Waals surface area contributed by atoms with Crippen LogP contribution in [0.5, 0.6) is 0 Å². The Morgan fingerprint density at radius 2 is 1.72 bits per heavy atom. The van der Waals surface area contributed by atoms with Crippen molar-refractivity contribution in [1.29, 1.82) is 0 Å². The maximum absolute atomic E-state index is 6.46. The highest BCUT2D eigenvalue weighted by Gasteiger charge is 2.28. The summed E-state index contributed by atoms with van der Waals surface area (Å²) < 4.78 is 2.27. The van der Waals surface area contributed by atoms with Crippen LogP contribution in [0.15, 0.2) is 6.33 Å². The first-order valence-electron chi connectivity index (χ1n) is 7.51. The van der Waals surface area contributed by atoms with Crippen LogP contribution in [0.3, 0.4) is 0 Å². The van der Waals surface area contributed by atoms with Gasteiger partial charge in [-0.2, -0.15) is 0 Å². The molecule has 1 heterocycles.